The van der Waals surface area contributed by atoms with E-state index in [0.29, 0.717) is 0 Å². The third-order valence-corrected chi connectivity index (χ3v) is 2.10. The first-order valence-electron chi connectivity index (χ1n) is 4.49. The lowest BCUT2D eigenvalue weighted by atomic mass is 10.1. The lowest BCUT2D eigenvalue weighted by Gasteiger charge is -2.14. The minimum Gasteiger partial charge on any atom is -0.496 e. The summed E-state index contributed by atoms with van der Waals surface area (Å²) in [5.41, 5.74) is 3.95. The molecule has 1 aromatic rings. The molecule has 0 spiro atoms. The second-order valence-electron chi connectivity index (χ2n) is 3.16. The van der Waals surface area contributed by atoms with Gasteiger partial charge >= 0.3 is 6.18 Å². The lowest BCUT2D eigenvalue weighted by molar-refractivity contribution is -0.138. The van der Waals surface area contributed by atoms with Crippen molar-refractivity contribution in [1.82, 2.24) is 0 Å². The summed E-state index contributed by atoms with van der Waals surface area (Å²) in [7, 11) is 1.13. The zero-order valence-electron chi connectivity index (χ0n) is 8.51. The van der Waals surface area contributed by atoms with Crippen LogP contribution in [-0.2, 0) is 6.18 Å². The van der Waals surface area contributed by atoms with Crippen molar-refractivity contribution in [3.8, 4) is 5.75 Å². The van der Waals surface area contributed by atoms with Crippen molar-refractivity contribution >= 4 is 0 Å². The van der Waals surface area contributed by atoms with Crippen LogP contribution in [0.3, 0.4) is 0 Å². The first-order valence-corrected chi connectivity index (χ1v) is 4.49. The molecule has 0 bridgehead atoms. The van der Waals surface area contributed by atoms with Gasteiger partial charge in [-0.15, -0.1) is 0 Å². The molecule has 2 nitrogen and oxygen atoms in total. The molecule has 0 aliphatic carbocycles. The van der Waals surface area contributed by atoms with Crippen LogP contribution >= 0.6 is 0 Å². The van der Waals surface area contributed by atoms with E-state index < -0.39 is 17.9 Å². The molecular formula is C10H11F4NO. The van der Waals surface area contributed by atoms with Gasteiger partial charge in [0, 0.05) is 6.54 Å². The summed E-state index contributed by atoms with van der Waals surface area (Å²) in [5, 5.41) is 0. The molecule has 0 heterocycles. The molecule has 16 heavy (non-hydrogen) atoms. The largest absolute Gasteiger partial charge is 0.496 e. The van der Waals surface area contributed by atoms with Crippen LogP contribution in [0.5, 0.6) is 5.75 Å². The molecule has 6 heteroatoms. The quantitative estimate of drug-likeness (QED) is 0.820. The first-order chi connectivity index (χ1) is 7.40. The van der Waals surface area contributed by atoms with E-state index in [1.165, 1.54) is 6.07 Å². The Bertz CT molecular complexity index is 364. The molecule has 2 N–H and O–H groups in total. The highest BCUT2D eigenvalue weighted by Gasteiger charge is 2.34. The van der Waals surface area contributed by atoms with Gasteiger partial charge in [0.05, 0.1) is 12.7 Å². The van der Waals surface area contributed by atoms with Crippen molar-refractivity contribution < 1.29 is 22.3 Å². The predicted octanol–water partition coefficient (Wildman–Crippen LogP) is 2.68. The summed E-state index contributed by atoms with van der Waals surface area (Å²) in [5.74, 6) is -0.333. The van der Waals surface area contributed by atoms with Gasteiger partial charge < -0.3 is 10.5 Å². The van der Waals surface area contributed by atoms with E-state index in [1.54, 1.807) is 0 Å². The average Bonchev–Trinajstić information content (AvgIpc) is 2.26. The van der Waals surface area contributed by atoms with Crippen molar-refractivity contribution in [3.05, 3.63) is 29.3 Å². The Hall–Kier alpha value is -1.30. The number of ether oxygens (including phenoxy) is 1. The highest BCUT2D eigenvalue weighted by Crippen LogP contribution is 2.37. The Morgan fingerprint density at radius 1 is 1.38 bits per heavy atom. The molecule has 1 unspecified atom stereocenters. The number of rotatable bonds is 3. The Morgan fingerprint density at radius 2 is 2.00 bits per heavy atom. The third-order valence-electron chi connectivity index (χ3n) is 2.10. The van der Waals surface area contributed by atoms with E-state index >= 15 is 0 Å². The molecule has 90 valence electrons. The Labute approximate surface area is 90.0 Å². The summed E-state index contributed by atoms with van der Waals surface area (Å²) < 4.78 is 55.3. The lowest BCUT2D eigenvalue weighted by Crippen LogP contribution is -2.11. The maximum atomic E-state index is 13.1. The van der Waals surface area contributed by atoms with Crippen LogP contribution in [0, 0.1) is 0 Å². The summed E-state index contributed by atoms with van der Waals surface area (Å²) in [6.07, 6.45) is -6.18. The van der Waals surface area contributed by atoms with Crippen molar-refractivity contribution in [1.29, 1.82) is 0 Å². The maximum Gasteiger partial charge on any atom is 0.419 e. The van der Waals surface area contributed by atoms with Gasteiger partial charge in [-0.25, -0.2) is 4.39 Å². The SMILES string of the molecule is COc1ccc(C(F)CN)cc1C(F)(F)F. The van der Waals surface area contributed by atoms with E-state index in [9.17, 15) is 17.6 Å². The molecule has 1 atom stereocenters. The second-order valence-corrected chi connectivity index (χ2v) is 3.16. The highest BCUT2D eigenvalue weighted by molar-refractivity contribution is 5.40. The topological polar surface area (TPSA) is 35.2 Å². The Kier molecular flexibility index (Phi) is 3.74. The molecule has 0 radical (unpaired) electrons. The number of hydrogen-bond acceptors (Lipinski definition) is 2. The van der Waals surface area contributed by atoms with Gasteiger partial charge in [0.2, 0.25) is 0 Å². The number of alkyl halides is 4. The molecular weight excluding hydrogens is 226 g/mol. The van der Waals surface area contributed by atoms with Crippen LogP contribution in [0.15, 0.2) is 18.2 Å². The fourth-order valence-corrected chi connectivity index (χ4v) is 1.28. The van der Waals surface area contributed by atoms with Crippen molar-refractivity contribution in [2.75, 3.05) is 13.7 Å². The van der Waals surface area contributed by atoms with Gasteiger partial charge in [0.1, 0.15) is 11.9 Å². The molecule has 0 saturated carbocycles. The number of benzene rings is 1. The van der Waals surface area contributed by atoms with Crippen molar-refractivity contribution in [2.24, 2.45) is 5.73 Å². The van der Waals surface area contributed by atoms with Gasteiger partial charge in [0.25, 0.3) is 0 Å². The van der Waals surface area contributed by atoms with Crippen LogP contribution in [0.4, 0.5) is 17.6 Å². The molecule has 0 fully saturated rings. The van der Waals surface area contributed by atoms with Crippen LogP contribution in [0.1, 0.15) is 17.3 Å². The first kappa shape index (κ1) is 12.8. The molecule has 0 aromatic heterocycles. The van der Waals surface area contributed by atoms with Gasteiger partial charge in [-0.3, -0.25) is 0 Å². The van der Waals surface area contributed by atoms with Crippen molar-refractivity contribution in [3.63, 3.8) is 0 Å². The van der Waals surface area contributed by atoms with E-state index in [4.69, 9.17) is 5.73 Å². The third kappa shape index (κ3) is 2.63. The van der Waals surface area contributed by atoms with Gasteiger partial charge in [-0.2, -0.15) is 13.2 Å². The molecule has 1 rings (SSSR count). The van der Waals surface area contributed by atoms with Crippen molar-refractivity contribution in [2.45, 2.75) is 12.3 Å². The van der Waals surface area contributed by atoms with E-state index in [0.717, 1.165) is 19.2 Å². The number of nitrogens with two attached hydrogens (primary N) is 1. The molecule has 0 aliphatic heterocycles. The predicted molar refractivity (Wildman–Crippen MR) is 50.9 cm³/mol. The van der Waals surface area contributed by atoms with E-state index in [2.05, 4.69) is 4.74 Å². The summed E-state index contributed by atoms with van der Waals surface area (Å²) in [6.45, 7) is -0.358. The van der Waals surface area contributed by atoms with Crippen LogP contribution in [0.2, 0.25) is 0 Å². The number of hydrogen-bond donors (Lipinski definition) is 1. The second kappa shape index (κ2) is 4.69. The minimum atomic E-state index is -4.57. The Balaban J connectivity index is 3.22. The zero-order valence-corrected chi connectivity index (χ0v) is 8.51. The monoisotopic (exact) mass is 237 g/mol. The highest BCUT2D eigenvalue weighted by atomic mass is 19.4. The van der Waals surface area contributed by atoms with Crippen LogP contribution in [-0.4, -0.2) is 13.7 Å². The van der Waals surface area contributed by atoms with Gasteiger partial charge in [-0.05, 0) is 17.7 Å². The average molecular weight is 237 g/mol. The fraction of sp³-hybridized carbons (Fsp3) is 0.400. The zero-order chi connectivity index (χ0) is 12.3. The van der Waals surface area contributed by atoms with E-state index in [-0.39, 0.29) is 17.9 Å². The summed E-state index contributed by atoms with van der Waals surface area (Å²) in [6, 6.07) is 3.03. The number of methoxy groups -OCH3 is 1. The molecule has 0 amide bonds. The summed E-state index contributed by atoms with van der Waals surface area (Å²) >= 11 is 0. The summed E-state index contributed by atoms with van der Waals surface area (Å²) in [4.78, 5) is 0. The number of halogens is 4. The normalized spacial score (nSPS) is 13.6. The van der Waals surface area contributed by atoms with Gasteiger partial charge in [-0.1, -0.05) is 6.07 Å². The smallest absolute Gasteiger partial charge is 0.419 e. The molecule has 0 aliphatic rings. The van der Waals surface area contributed by atoms with Crippen LogP contribution < -0.4 is 10.5 Å². The standard InChI is InChI=1S/C10H11F4NO/c1-16-9-3-2-6(8(11)5-15)4-7(9)10(12,13)14/h2-4,8H,5,15H2,1H3. The minimum absolute atomic E-state index is 0.101. The molecule has 0 saturated heterocycles. The fourth-order valence-electron chi connectivity index (χ4n) is 1.28. The van der Waals surface area contributed by atoms with Crippen LogP contribution in [0.25, 0.3) is 0 Å². The Morgan fingerprint density at radius 3 is 2.44 bits per heavy atom. The van der Waals surface area contributed by atoms with E-state index in [1.807, 2.05) is 0 Å². The molecule has 1 aromatic carbocycles. The maximum absolute atomic E-state index is 13.1. The van der Waals surface area contributed by atoms with Gasteiger partial charge in [0.15, 0.2) is 0 Å².